The van der Waals surface area contributed by atoms with Crippen LogP contribution in [0, 0.1) is 17.0 Å². The van der Waals surface area contributed by atoms with Gasteiger partial charge in [-0.15, -0.1) is 5.10 Å². The van der Waals surface area contributed by atoms with E-state index in [-0.39, 0.29) is 58.4 Å². The Labute approximate surface area is 258 Å². The summed E-state index contributed by atoms with van der Waals surface area (Å²) in [7, 11) is 0. The van der Waals surface area contributed by atoms with Crippen LogP contribution in [0.5, 0.6) is 5.88 Å². The first-order chi connectivity index (χ1) is 21.8. The Morgan fingerprint density at radius 1 is 1.04 bits per heavy atom. The van der Waals surface area contributed by atoms with Crippen molar-refractivity contribution in [3.8, 4) is 17.1 Å². The summed E-state index contributed by atoms with van der Waals surface area (Å²) < 4.78 is 82.5. The maximum atomic E-state index is 15.6. The highest BCUT2D eigenvalue weighted by Gasteiger charge is 2.39. The number of imidazole rings is 1. The molecule has 0 bridgehead atoms. The number of rotatable bonds is 8. The molecule has 3 aromatic heterocycles. The third-order valence-corrected chi connectivity index (χ3v) is 7.84. The van der Waals surface area contributed by atoms with E-state index in [1.807, 2.05) is 18.4 Å². The van der Waals surface area contributed by atoms with E-state index < -0.39 is 29.5 Å². The largest absolute Gasteiger partial charge is 0.478 e. The Balaban J connectivity index is 1.27. The van der Waals surface area contributed by atoms with Crippen LogP contribution in [0.3, 0.4) is 0 Å². The lowest BCUT2D eigenvalue weighted by atomic mass is 9.87. The molecule has 0 saturated carbocycles. The molecule has 0 unspecified atom stereocenters. The van der Waals surface area contributed by atoms with Gasteiger partial charge in [0.25, 0.3) is 0 Å². The van der Waals surface area contributed by atoms with Gasteiger partial charge in [0.2, 0.25) is 5.88 Å². The molecule has 0 aliphatic carbocycles. The number of nitrogens with zero attached hydrogens (tertiary/aromatic N) is 5. The fourth-order valence-electron chi connectivity index (χ4n) is 5.40. The Morgan fingerprint density at radius 2 is 1.85 bits per heavy atom. The summed E-state index contributed by atoms with van der Waals surface area (Å²) in [5, 5.41) is 16.2. The van der Waals surface area contributed by atoms with Gasteiger partial charge in [-0.05, 0) is 54.1 Å². The minimum atomic E-state index is -4.63. The van der Waals surface area contributed by atoms with Crippen molar-refractivity contribution in [1.82, 2.24) is 24.7 Å². The van der Waals surface area contributed by atoms with Crippen molar-refractivity contribution in [3.63, 3.8) is 0 Å². The first kappa shape index (κ1) is 31.0. The van der Waals surface area contributed by atoms with Gasteiger partial charge in [-0.25, -0.2) is 23.5 Å². The molecule has 9 nitrogen and oxygen atoms in total. The highest BCUT2D eigenvalue weighted by atomic mass is 19.4. The van der Waals surface area contributed by atoms with Gasteiger partial charge in [-0.2, -0.15) is 18.3 Å². The number of aromatic carboxylic acids is 1. The van der Waals surface area contributed by atoms with E-state index in [4.69, 9.17) is 9.47 Å². The number of carboxylic acids is 1. The molecule has 238 valence electrons. The molecule has 6 rings (SSSR count). The van der Waals surface area contributed by atoms with Crippen molar-refractivity contribution in [2.45, 2.75) is 39.1 Å². The number of carboxylic acid groups (broad SMARTS) is 1. The van der Waals surface area contributed by atoms with Crippen LogP contribution < -0.4 is 4.74 Å². The maximum absolute atomic E-state index is 15.6. The highest BCUT2D eigenvalue weighted by Crippen LogP contribution is 2.40. The van der Waals surface area contributed by atoms with Gasteiger partial charge in [-0.3, -0.25) is 0 Å². The van der Waals surface area contributed by atoms with Crippen molar-refractivity contribution >= 4 is 17.0 Å². The SMILES string of the molecule is CC1(C)COC[C@H]1n1c(Cc2cc(F)c(-c3cccc(OCc4ccc(C(F)(F)F)nn4)n3)cc2F)nc2ccc(C(=O)O)cc21. The molecule has 5 aromatic rings. The zero-order chi connectivity index (χ0) is 32.8. The van der Waals surface area contributed by atoms with E-state index in [1.165, 1.54) is 30.3 Å². The number of pyridine rings is 1. The summed E-state index contributed by atoms with van der Waals surface area (Å²) in [6, 6.07) is 12.7. The molecule has 1 aliphatic rings. The second kappa shape index (κ2) is 11.7. The third-order valence-electron chi connectivity index (χ3n) is 7.84. The second-order valence-electron chi connectivity index (χ2n) is 11.6. The number of aromatic nitrogens is 5. The number of hydrogen-bond donors (Lipinski definition) is 1. The van der Waals surface area contributed by atoms with Crippen molar-refractivity contribution in [3.05, 3.63) is 101 Å². The Hall–Kier alpha value is -4.98. The maximum Gasteiger partial charge on any atom is 0.435 e. The van der Waals surface area contributed by atoms with Crippen molar-refractivity contribution in [2.24, 2.45) is 5.41 Å². The number of benzene rings is 2. The first-order valence-corrected chi connectivity index (χ1v) is 14.1. The number of ether oxygens (including phenoxy) is 2. The Kier molecular flexibility index (Phi) is 7.92. The fourth-order valence-corrected chi connectivity index (χ4v) is 5.40. The van der Waals surface area contributed by atoms with E-state index in [9.17, 15) is 23.1 Å². The van der Waals surface area contributed by atoms with Gasteiger partial charge in [0.1, 0.15) is 29.8 Å². The van der Waals surface area contributed by atoms with Gasteiger partial charge >= 0.3 is 12.1 Å². The summed E-state index contributed by atoms with van der Waals surface area (Å²) >= 11 is 0. The van der Waals surface area contributed by atoms with Crippen LogP contribution in [0.2, 0.25) is 0 Å². The molecular weight excluding hydrogens is 613 g/mol. The topological polar surface area (TPSA) is 112 Å². The molecule has 4 heterocycles. The molecular formula is C32H26F5N5O4. The summed E-state index contributed by atoms with van der Waals surface area (Å²) in [5.41, 5.74) is -0.262. The quantitative estimate of drug-likeness (QED) is 0.188. The number of carbonyl (C=O) groups is 1. The van der Waals surface area contributed by atoms with Crippen molar-refractivity contribution < 1.29 is 41.3 Å². The number of alkyl halides is 3. The zero-order valence-electron chi connectivity index (χ0n) is 24.5. The summed E-state index contributed by atoms with van der Waals surface area (Å²) in [5.74, 6) is -2.13. The third kappa shape index (κ3) is 6.12. The van der Waals surface area contributed by atoms with Crippen LogP contribution in [-0.2, 0) is 23.9 Å². The Bertz CT molecular complexity index is 1940. The minimum absolute atomic E-state index is 0.0129. The first-order valence-electron chi connectivity index (χ1n) is 14.1. The molecule has 0 spiro atoms. The average Bonchev–Trinajstić information content (AvgIpc) is 3.54. The number of halogens is 5. The van der Waals surface area contributed by atoms with Crippen LogP contribution in [-0.4, -0.2) is 49.0 Å². The second-order valence-corrected chi connectivity index (χ2v) is 11.6. The summed E-state index contributed by atoms with van der Waals surface area (Å²) in [4.78, 5) is 20.6. The predicted molar refractivity (Wildman–Crippen MR) is 154 cm³/mol. The molecule has 2 aromatic carbocycles. The molecule has 1 N–H and O–H groups in total. The van der Waals surface area contributed by atoms with E-state index in [0.29, 0.717) is 30.1 Å². The van der Waals surface area contributed by atoms with Crippen LogP contribution in [0.25, 0.3) is 22.3 Å². The molecule has 0 amide bonds. The van der Waals surface area contributed by atoms with Gasteiger partial charge in [0, 0.05) is 23.5 Å². The number of hydrogen-bond acceptors (Lipinski definition) is 7. The standard InChI is InChI=1S/C32H26F5N5O4/c1-31(2)16-45-15-27(31)42-25-11-17(30(43)44)6-8-24(25)38-28(42)12-18-10-22(34)20(13-21(18)33)23-4-3-5-29(39-23)46-14-19-7-9-26(41-40-19)32(35,36)37/h3-11,13,27H,12,14-16H2,1-2H3,(H,43,44)/t27-/m1/s1. The average molecular weight is 640 g/mol. The predicted octanol–water partition coefficient (Wildman–Crippen LogP) is 6.65. The zero-order valence-corrected chi connectivity index (χ0v) is 24.5. The summed E-state index contributed by atoms with van der Waals surface area (Å²) in [6.07, 6.45) is -4.71. The van der Waals surface area contributed by atoms with Crippen molar-refractivity contribution in [2.75, 3.05) is 13.2 Å². The monoisotopic (exact) mass is 639 g/mol. The molecule has 14 heteroatoms. The highest BCUT2D eigenvalue weighted by molar-refractivity contribution is 5.92. The molecule has 0 radical (unpaired) electrons. The molecule has 1 saturated heterocycles. The smallest absolute Gasteiger partial charge is 0.435 e. The number of fused-ring (bicyclic) bond motifs is 1. The van der Waals surface area contributed by atoms with Crippen LogP contribution in [0.1, 0.15) is 53.0 Å². The van der Waals surface area contributed by atoms with Crippen LogP contribution >= 0.6 is 0 Å². The van der Waals surface area contributed by atoms with Crippen LogP contribution in [0.4, 0.5) is 22.0 Å². The summed E-state index contributed by atoms with van der Waals surface area (Å²) in [6.45, 7) is 4.57. The van der Waals surface area contributed by atoms with Crippen LogP contribution in [0.15, 0.2) is 60.7 Å². The molecule has 1 aliphatic heterocycles. The Morgan fingerprint density at radius 3 is 2.52 bits per heavy atom. The van der Waals surface area contributed by atoms with E-state index >= 15 is 8.78 Å². The molecule has 46 heavy (non-hydrogen) atoms. The van der Waals surface area contributed by atoms with Gasteiger partial charge < -0.3 is 19.1 Å². The molecule has 1 fully saturated rings. The van der Waals surface area contributed by atoms with Gasteiger partial charge in [0.15, 0.2) is 5.69 Å². The van der Waals surface area contributed by atoms with Gasteiger partial charge in [-0.1, -0.05) is 19.9 Å². The lowest BCUT2D eigenvalue weighted by molar-refractivity contribution is -0.141. The van der Waals surface area contributed by atoms with Crippen molar-refractivity contribution in [1.29, 1.82) is 0 Å². The van der Waals surface area contributed by atoms with E-state index in [0.717, 1.165) is 24.3 Å². The van der Waals surface area contributed by atoms with Gasteiger partial charge in [0.05, 0.1) is 41.5 Å². The lowest BCUT2D eigenvalue weighted by Gasteiger charge is -2.28. The van der Waals surface area contributed by atoms with E-state index in [1.54, 1.807) is 6.07 Å². The fraction of sp³-hybridized carbons (Fsp3) is 0.281. The van der Waals surface area contributed by atoms with E-state index in [2.05, 4.69) is 20.2 Å². The molecule has 1 atom stereocenters. The minimum Gasteiger partial charge on any atom is -0.478 e. The normalized spacial score (nSPS) is 16.2. The lowest BCUT2D eigenvalue weighted by Crippen LogP contribution is -2.27.